The van der Waals surface area contributed by atoms with Crippen LogP contribution in [0, 0.1) is 0 Å². The van der Waals surface area contributed by atoms with Gasteiger partial charge < -0.3 is 0 Å². The Hall–Kier alpha value is -2.23. The highest BCUT2D eigenvalue weighted by atomic mass is 16.2. The molecule has 0 aliphatic carbocycles. The van der Waals surface area contributed by atoms with E-state index in [9.17, 15) is 4.79 Å². The summed E-state index contributed by atoms with van der Waals surface area (Å²) in [6, 6.07) is 7.56. The summed E-state index contributed by atoms with van der Waals surface area (Å²) < 4.78 is 0. The normalized spacial score (nSPS) is 10.1. The number of likely N-dealkylation sites (N-methyl/N-ethyl adjacent to an activating group) is 1. The zero-order valence-corrected chi connectivity index (χ0v) is 8.92. The van der Waals surface area contributed by atoms with Crippen LogP contribution in [0.3, 0.4) is 0 Å². The van der Waals surface area contributed by atoms with Gasteiger partial charge in [0.15, 0.2) is 0 Å². The minimum absolute atomic E-state index is 0.191. The van der Waals surface area contributed by atoms with Crippen molar-refractivity contribution in [3.63, 3.8) is 0 Å². The molecule has 1 heterocycles. The maximum atomic E-state index is 11.5. The van der Waals surface area contributed by atoms with Gasteiger partial charge in [0.05, 0.1) is 5.52 Å². The van der Waals surface area contributed by atoms with Crippen LogP contribution in [-0.4, -0.2) is 22.9 Å². The molecule has 4 nitrogen and oxygen atoms in total. The van der Waals surface area contributed by atoms with Crippen LogP contribution in [0.15, 0.2) is 43.2 Å². The monoisotopic (exact) mass is 213 g/mol. The maximum absolute atomic E-state index is 11.5. The average molecular weight is 213 g/mol. The summed E-state index contributed by atoms with van der Waals surface area (Å²) >= 11 is 0. The predicted octanol–water partition coefficient (Wildman–Crippen LogP) is 1.78. The van der Waals surface area contributed by atoms with E-state index in [-0.39, 0.29) is 5.91 Å². The van der Waals surface area contributed by atoms with E-state index in [4.69, 9.17) is 0 Å². The van der Waals surface area contributed by atoms with Crippen LogP contribution in [-0.2, 0) is 4.79 Å². The van der Waals surface area contributed by atoms with Crippen molar-refractivity contribution in [2.45, 2.75) is 0 Å². The molecule has 0 unspecified atom stereocenters. The summed E-state index contributed by atoms with van der Waals surface area (Å²) in [7, 11) is 1.67. The molecule has 0 fully saturated rings. The molecule has 0 bridgehead atoms. The Morgan fingerprint density at radius 2 is 2.12 bits per heavy atom. The van der Waals surface area contributed by atoms with Crippen molar-refractivity contribution in [3.8, 4) is 0 Å². The number of hydrogen-bond donors (Lipinski definition) is 0. The first-order chi connectivity index (χ1) is 7.74. The molecule has 1 aromatic carbocycles. The van der Waals surface area contributed by atoms with Gasteiger partial charge in [-0.05, 0) is 18.2 Å². The lowest BCUT2D eigenvalue weighted by molar-refractivity contribution is -0.113. The molecule has 16 heavy (non-hydrogen) atoms. The summed E-state index contributed by atoms with van der Waals surface area (Å²) in [6.07, 6.45) is 2.71. The van der Waals surface area contributed by atoms with E-state index in [1.54, 1.807) is 7.05 Å². The first kappa shape index (κ1) is 10.3. The molecule has 2 rings (SSSR count). The smallest absolute Gasteiger partial charge is 0.251 e. The number of hydrogen-bond acceptors (Lipinski definition) is 3. The van der Waals surface area contributed by atoms with Crippen molar-refractivity contribution in [3.05, 3.63) is 43.2 Å². The van der Waals surface area contributed by atoms with Crippen molar-refractivity contribution in [2.24, 2.45) is 0 Å². The van der Waals surface area contributed by atoms with Crippen molar-refractivity contribution in [2.75, 3.05) is 11.9 Å². The Labute approximate surface area is 93.2 Å². The fourth-order valence-corrected chi connectivity index (χ4v) is 1.50. The summed E-state index contributed by atoms with van der Waals surface area (Å²) in [5.74, 6) is 0.402. The fourth-order valence-electron chi connectivity index (χ4n) is 1.50. The Kier molecular flexibility index (Phi) is 2.64. The lowest BCUT2D eigenvalue weighted by Gasteiger charge is -2.15. The molecule has 0 radical (unpaired) electrons. The molecule has 0 atom stereocenters. The molecular weight excluding hydrogens is 202 g/mol. The highest BCUT2D eigenvalue weighted by molar-refractivity contribution is 6.05. The SMILES string of the molecule is C=CC(=O)N(C)c1ncnc2ccccc12. The number of aromatic nitrogens is 2. The van der Waals surface area contributed by atoms with Gasteiger partial charge in [0.25, 0.3) is 5.91 Å². The second-order valence-corrected chi connectivity index (χ2v) is 3.32. The van der Waals surface area contributed by atoms with Crippen molar-refractivity contribution >= 4 is 22.6 Å². The summed E-state index contributed by atoms with van der Waals surface area (Å²) in [4.78, 5) is 21.2. The van der Waals surface area contributed by atoms with Gasteiger partial charge in [0.1, 0.15) is 12.1 Å². The summed E-state index contributed by atoms with van der Waals surface area (Å²) in [6.45, 7) is 3.45. The Morgan fingerprint density at radius 3 is 2.88 bits per heavy atom. The Balaban J connectivity index is 2.60. The maximum Gasteiger partial charge on any atom is 0.251 e. The first-order valence-corrected chi connectivity index (χ1v) is 4.84. The number of nitrogens with zero attached hydrogens (tertiary/aromatic N) is 3. The van der Waals surface area contributed by atoms with E-state index in [0.717, 1.165) is 10.9 Å². The third kappa shape index (κ3) is 1.65. The van der Waals surface area contributed by atoms with E-state index < -0.39 is 0 Å². The lowest BCUT2D eigenvalue weighted by Crippen LogP contribution is -2.25. The van der Waals surface area contributed by atoms with Gasteiger partial charge in [0, 0.05) is 12.4 Å². The minimum Gasteiger partial charge on any atom is -0.296 e. The molecule has 0 saturated carbocycles. The van der Waals surface area contributed by atoms with Crippen molar-refractivity contribution < 1.29 is 4.79 Å². The highest BCUT2D eigenvalue weighted by Crippen LogP contribution is 2.21. The fraction of sp³-hybridized carbons (Fsp3) is 0.0833. The van der Waals surface area contributed by atoms with Gasteiger partial charge in [-0.25, -0.2) is 9.97 Å². The average Bonchev–Trinajstić information content (AvgIpc) is 2.36. The molecule has 80 valence electrons. The first-order valence-electron chi connectivity index (χ1n) is 4.84. The van der Waals surface area contributed by atoms with Crippen LogP contribution in [0.25, 0.3) is 10.9 Å². The van der Waals surface area contributed by atoms with E-state index in [1.165, 1.54) is 17.3 Å². The number of para-hydroxylation sites is 1. The van der Waals surface area contributed by atoms with Crippen LogP contribution in [0.2, 0.25) is 0 Å². The number of rotatable bonds is 2. The molecule has 1 amide bonds. The Bertz CT molecular complexity index is 545. The number of anilines is 1. The zero-order chi connectivity index (χ0) is 11.5. The molecular formula is C12H11N3O. The third-order valence-electron chi connectivity index (χ3n) is 2.34. The van der Waals surface area contributed by atoms with Gasteiger partial charge in [0.2, 0.25) is 0 Å². The lowest BCUT2D eigenvalue weighted by atomic mass is 10.2. The van der Waals surface area contributed by atoms with Crippen molar-refractivity contribution in [1.29, 1.82) is 0 Å². The van der Waals surface area contributed by atoms with E-state index in [1.807, 2.05) is 24.3 Å². The second kappa shape index (κ2) is 4.10. The largest absolute Gasteiger partial charge is 0.296 e. The number of benzene rings is 1. The van der Waals surface area contributed by atoms with E-state index in [2.05, 4.69) is 16.5 Å². The highest BCUT2D eigenvalue weighted by Gasteiger charge is 2.11. The van der Waals surface area contributed by atoms with E-state index in [0.29, 0.717) is 5.82 Å². The van der Waals surface area contributed by atoms with Gasteiger partial charge in [-0.15, -0.1) is 0 Å². The standard InChI is InChI=1S/C12H11N3O/c1-3-11(16)15(2)12-9-6-4-5-7-10(9)13-8-14-12/h3-8H,1H2,2H3. The van der Waals surface area contributed by atoms with Crippen LogP contribution < -0.4 is 4.90 Å². The zero-order valence-electron chi connectivity index (χ0n) is 8.92. The molecule has 0 N–H and O–H groups in total. The Morgan fingerprint density at radius 1 is 1.38 bits per heavy atom. The molecule has 2 aromatic rings. The predicted molar refractivity (Wildman–Crippen MR) is 63.1 cm³/mol. The molecule has 1 aromatic heterocycles. The number of amides is 1. The third-order valence-corrected chi connectivity index (χ3v) is 2.34. The summed E-state index contributed by atoms with van der Waals surface area (Å²) in [5.41, 5.74) is 0.816. The van der Waals surface area contributed by atoms with Crippen molar-refractivity contribution in [1.82, 2.24) is 9.97 Å². The van der Waals surface area contributed by atoms with Gasteiger partial charge >= 0.3 is 0 Å². The molecule has 4 heteroatoms. The quantitative estimate of drug-likeness (QED) is 0.714. The summed E-state index contributed by atoms with van der Waals surface area (Å²) in [5, 5.41) is 0.850. The van der Waals surface area contributed by atoms with Crippen LogP contribution in [0.4, 0.5) is 5.82 Å². The topological polar surface area (TPSA) is 46.1 Å². The number of fused-ring (bicyclic) bond motifs is 1. The molecule has 0 saturated heterocycles. The second-order valence-electron chi connectivity index (χ2n) is 3.32. The van der Waals surface area contributed by atoms with Gasteiger partial charge in [-0.3, -0.25) is 9.69 Å². The van der Waals surface area contributed by atoms with Gasteiger partial charge in [-0.1, -0.05) is 18.7 Å². The van der Waals surface area contributed by atoms with Crippen LogP contribution in [0.1, 0.15) is 0 Å². The minimum atomic E-state index is -0.191. The molecule has 0 aliphatic rings. The number of carbonyl (C=O) groups excluding carboxylic acids is 1. The molecule has 0 spiro atoms. The van der Waals surface area contributed by atoms with Crippen LogP contribution >= 0.6 is 0 Å². The molecule has 0 aliphatic heterocycles. The van der Waals surface area contributed by atoms with E-state index >= 15 is 0 Å². The van der Waals surface area contributed by atoms with Crippen LogP contribution in [0.5, 0.6) is 0 Å². The van der Waals surface area contributed by atoms with Gasteiger partial charge in [-0.2, -0.15) is 0 Å². The number of carbonyl (C=O) groups is 1.